The number of ether oxygens (including phenoxy) is 1. The Bertz CT molecular complexity index is 505. The minimum Gasteiger partial charge on any atom is -0.492 e. The molecule has 1 aromatic rings. The number of rotatable bonds is 3. The maximum absolute atomic E-state index is 11.0. The molecule has 0 saturated heterocycles. The molecular formula is C9H8ClNO3S. The van der Waals surface area contributed by atoms with Crippen LogP contribution in [0.2, 0.25) is 0 Å². The fourth-order valence-corrected chi connectivity index (χ4v) is 1.79. The zero-order chi connectivity index (χ0) is 11.5. The molecule has 0 aromatic heterocycles. The largest absolute Gasteiger partial charge is 0.492 e. The molecule has 0 unspecified atom stereocenters. The van der Waals surface area contributed by atoms with Crippen LogP contribution in [-0.2, 0) is 9.05 Å². The molecule has 6 heteroatoms. The fourth-order valence-electron chi connectivity index (χ4n) is 1.02. The highest BCUT2D eigenvalue weighted by atomic mass is 35.7. The molecule has 0 N–H and O–H groups in total. The summed E-state index contributed by atoms with van der Waals surface area (Å²) >= 11 is 0. The van der Waals surface area contributed by atoms with E-state index in [-0.39, 0.29) is 16.2 Å². The summed E-state index contributed by atoms with van der Waals surface area (Å²) in [4.78, 5) is -0.0772. The molecule has 0 heterocycles. The van der Waals surface area contributed by atoms with Crippen LogP contribution in [-0.4, -0.2) is 15.0 Å². The van der Waals surface area contributed by atoms with Crippen molar-refractivity contribution in [3.05, 3.63) is 23.8 Å². The van der Waals surface area contributed by atoms with Crippen LogP contribution in [0, 0.1) is 11.3 Å². The van der Waals surface area contributed by atoms with Gasteiger partial charge in [-0.25, -0.2) is 8.42 Å². The smallest absolute Gasteiger partial charge is 0.261 e. The molecule has 0 aliphatic heterocycles. The van der Waals surface area contributed by atoms with Gasteiger partial charge in [0.05, 0.1) is 17.1 Å². The van der Waals surface area contributed by atoms with E-state index in [0.717, 1.165) is 0 Å². The normalized spacial score (nSPS) is 10.7. The Kier molecular flexibility index (Phi) is 3.56. The van der Waals surface area contributed by atoms with Gasteiger partial charge in [-0.15, -0.1) is 0 Å². The topological polar surface area (TPSA) is 67.2 Å². The molecule has 0 aliphatic rings. The lowest BCUT2D eigenvalue weighted by molar-refractivity contribution is 0.338. The van der Waals surface area contributed by atoms with Crippen LogP contribution in [0.1, 0.15) is 12.5 Å². The van der Waals surface area contributed by atoms with Crippen LogP contribution in [0.4, 0.5) is 0 Å². The van der Waals surface area contributed by atoms with E-state index in [0.29, 0.717) is 6.61 Å². The van der Waals surface area contributed by atoms with Gasteiger partial charge >= 0.3 is 0 Å². The van der Waals surface area contributed by atoms with E-state index in [1.165, 1.54) is 18.2 Å². The Morgan fingerprint density at radius 1 is 1.53 bits per heavy atom. The number of benzene rings is 1. The SMILES string of the molecule is CCOc1cc(S(=O)(=O)Cl)ccc1C#N. The summed E-state index contributed by atoms with van der Waals surface area (Å²) in [5.74, 6) is 0.224. The molecular weight excluding hydrogens is 238 g/mol. The summed E-state index contributed by atoms with van der Waals surface area (Å²) in [5, 5.41) is 8.73. The van der Waals surface area contributed by atoms with Gasteiger partial charge in [-0.3, -0.25) is 0 Å². The molecule has 80 valence electrons. The number of nitrogens with zero attached hydrogens (tertiary/aromatic N) is 1. The van der Waals surface area contributed by atoms with E-state index in [4.69, 9.17) is 20.7 Å². The summed E-state index contributed by atoms with van der Waals surface area (Å²) in [7, 11) is 1.37. The van der Waals surface area contributed by atoms with Gasteiger partial charge in [0.25, 0.3) is 9.05 Å². The van der Waals surface area contributed by atoms with E-state index < -0.39 is 9.05 Å². The summed E-state index contributed by atoms with van der Waals surface area (Å²) in [6, 6.07) is 5.77. The van der Waals surface area contributed by atoms with Crippen LogP contribution in [0.15, 0.2) is 23.1 Å². The highest BCUT2D eigenvalue weighted by molar-refractivity contribution is 8.13. The van der Waals surface area contributed by atoms with Gasteiger partial charge in [0.1, 0.15) is 11.8 Å². The Morgan fingerprint density at radius 3 is 2.67 bits per heavy atom. The zero-order valence-corrected chi connectivity index (χ0v) is 9.47. The van der Waals surface area contributed by atoms with E-state index in [1.54, 1.807) is 6.92 Å². The quantitative estimate of drug-likeness (QED) is 0.763. The lowest BCUT2D eigenvalue weighted by Crippen LogP contribution is -1.97. The molecule has 0 aliphatic carbocycles. The van der Waals surface area contributed by atoms with Crippen molar-refractivity contribution in [2.45, 2.75) is 11.8 Å². The number of hydrogen-bond acceptors (Lipinski definition) is 4. The van der Waals surface area contributed by atoms with Gasteiger partial charge in [-0.2, -0.15) is 5.26 Å². The Balaban J connectivity index is 3.30. The van der Waals surface area contributed by atoms with E-state index in [1.807, 2.05) is 6.07 Å². The molecule has 1 aromatic carbocycles. The summed E-state index contributed by atoms with van der Waals surface area (Å²) in [5.41, 5.74) is 0.279. The van der Waals surface area contributed by atoms with Crippen LogP contribution < -0.4 is 4.74 Å². The monoisotopic (exact) mass is 245 g/mol. The molecule has 0 radical (unpaired) electrons. The molecule has 0 spiro atoms. The molecule has 0 saturated carbocycles. The zero-order valence-electron chi connectivity index (χ0n) is 7.90. The van der Waals surface area contributed by atoms with Crippen molar-refractivity contribution in [1.29, 1.82) is 5.26 Å². The number of hydrogen-bond donors (Lipinski definition) is 0. The highest BCUT2D eigenvalue weighted by Gasteiger charge is 2.13. The van der Waals surface area contributed by atoms with Gasteiger partial charge in [0.2, 0.25) is 0 Å². The summed E-state index contributed by atoms with van der Waals surface area (Å²) in [6.45, 7) is 2.09. The summed E-state index contributed by atoms with van der Waals surface area (Å²) < 4.78 is 27.2. The van der Waals surface area contributed by atoms with Gasteiger partial charge in [-0.05, 0) is 19.1 Å². The van der Waals surface area contributed by atoms with Crippen LogP contribution in [0.5, 0.6) is 5.75 Å². The third-order valence-electron chi connectivity index (χ3n) is 1.65. The lowest BCUT2D eigenvalue weighted by Gasteiger charge is -2.05. The van der Waals surface area contributed by atoms with Gasteiger partial charge in [0.15, 0.2) is 0 Å². The van der Waals surface area contributed by atoms with Crippen molar-refractivity contribution in [3.8, 4) is 11.8 Å². The van der Waals surface area contributed by atoms with Crippen LogP contribution >= 0.6 is 10.7 Å². The van der Waals surface area contributed by atoms with Crippen molar-refractivity contribution >= 4 is 19.7 Å². The second-order valence-electron chi connectivity index (χ2n) is 2.64. The van der Waals surface area contributed by atoms with E-state index in [2.05, 4.69) is 0 Å². The molecule has 1 rings (SSSR count). The van der Waals surface area contributed by atoms with E-state index >= 15 is 0 Å². The lowest BCUT2D eigenvalue weighted by atomic mass is 10.2. The molecule has 0 bridgehead atoms. The van der Waals surface area contributed by atoms with Crippen molar-refractivity contribution in [2.75, 3.05) is 6.61 Å². The van der Waals surface area contributed by atoms with E-state index in [9.17, 15) is 8.42 Å². The first-order valence-corrected chi connectivity index (χ1v) is 6.41. The van der Waals surface area contributed by atoms with Gasteiger partial charge < -0.3 is 4.74 Å². The highest BCUT2D eigenvalue weighted by Crippen LogP contribution is 2.24. The van der Waals surface area contributed by atoms with Crippen LogP contribution in [0.3, 0.4) is 0 Å². The average molecular weight is 246 g/mol. The Hall–Kier alpha value is -1.25. The van der Waals surface area contributed by atoms with Crippen molar-refractivity contribution in [2.24, 2.45) is 0 Å². The first-order valence-electron chi connectivity index (χ1n) is 4.10. The average Bonchev–Trinajstić information content (AvgIpc) is 2.17. The van der Waals surface area contributed by atoms with Gasteiger partial charge in [-0.1, -0.05) is 0 Å². The molecule has 0 amide bonds. The third-order valence-corrected chi connectivity index (χ3v) is 3.01. The minimum atomic E-state index is -3.79. The molecule has 0 fully saturated rings. The van der Waals surface area contributed by atoms with Crippen molar-refractivity contribution in [1.82, 2.24) is 0 Å². The second-order valence-corrected chi connectivity index (χ2v) is 5.21. The third kappa shape index (κ3) is 2.85. The Morgan fingerprint density at radius 2 is 2.20 bits per heavy atom. The number of halogens is 1. The predicted octanol–water partition coefficient (Wildman–Crippen LogP) is 1.88. The maximum atomic E-state index is 11.0. The van der Waals surface area contributed by atoms with Crippen molar-refractivity contribution < 1.29 is 13.2 Å². The predicted molar refractivity (Wildman–Crippen MR) is 55.4 cm³/mol. The van der Waals surface area contributed by atoms with Crippen molar-refractivity contribution in [3.63, 3.8) is 0 Å². The molecule has 15 heavy (non-hydrogen) atoms. The molecule has 0 atom stereocenters. The first-order chi connectivity index (χ1) is 6.99. The molecule has 4 nitrogen and oxygen atoms in total. The fraction of sp³-hybridized carbons (Fsp3) is 0.222. The Labute approximate surface area is 92.5 Å². The minimum absolute atomic E-state index is 0.0772. The maximum Gasteiger partial charge on any atom is 0.261 e. The second kappa shape index (κ2) is 4.51. The summed E-state index contributed by atoms with van der Waals surface area (Å²) in [6.07, 6.45) is 0. The standard InChI is InChI=1S/C9H8ClNO3S/c1-2-14-9-5-8(15(10,12)13)4-3-7(9)6-11/h3-5H,2H2,1H3. The van der Waals surface area contributed by atoms with Gasteiger partial charge in [0, 0.05) is 16.7 Å². The number of nitriles is 1. The van der Waals surface area contributed by atoms with Crippen LogP contribution in [0.25, 0.3) is 0 Å². The first kappa shape index (κ1) is 11.8.